The maximum Gasteiger partial charge on any atom is 0.0302 e. The monoisotopic (exact) mass is 255 g/mol. The minimum Gasteiger partial charge on any atom is -0.310 e. The molecule has 1 aromatic rings. The average molecular weight is 256 g/mol. The molecule has 0 amide bonds. The summed E-state index contributed by atoms with van der Waals surface area (Å²) >= 11 is 3.57. The van der Waals surface area contributed by atoms with Crippen LogP contribution in [-0.4, -0.2) is 6.54 Å². The Morgan fingerprint density at radius 3 is 2.71 bits per heavy atom. The highest BCUT2D eigenvalue weighted by atomic mass is 79.9. The van der Waals surface area contributed by atoms with Gasteiger partial charge in [0, 0.05) is 10.5 Å². The van der Waals surface area contributed by atoms with Gasteiger partial charge in [0.15, 0.2) is 0 Å². The van der Waals surface area contributed by atoms with Gasteiger partial charge in [-0.3, -0.25) is 0 Å². The first-order valence-corrected chi connectivity index (χ1v) is 6.02. The quantitative estimate of drug-likeness (QED) is 0.788. The fourth-order valence-corrected chi connectivity index (χ4v) is 2.06. The zero-order valence-electron chi connectivity index (χ0n) is 8.89. The van der Waals surface area contributed by atoms with Crippen LogP contribution in [0.3, 0.4) is 0 Å². The van der Waals surface area contributed by atoms with Crippen molar-refractivity contribution in [3.63, 3.8) is 0 Å². The van der Waals surface area contributed by atoms with E-state index in [1.807, 2.05) is 6.07 Å². The van der Waals surface area contributed by atoms with Crippen LogP contribution in [0.1, 0.15) is 38.3 Å². The van der Waals surface area contributed by atoms with Crippen molar-refractivity contribution in [1.29, 1.82) is 0 Å². The summed E-state index contributed by atoms with van der Waals surface area (Å²) in [6, 6.07) is 8.81. The third-order valence-electron chi connectivity index (χ3n) is 2.35. The Morgan fingerprint density at radius 1 is 1.36 bits per heavy atom. The molecule has 1 aromatic carbocycles. The molecule has 0 unspecified atom stereocenters. The van der Waals surface area contributed by atoms with Crippen molar-refractivity contribution in [2.24, 2.45) is 0 Å². The number of nitrogens with one attached hydrogen (secondary N) is 1. The zero-order chi connectivity index (χ0) is 10.4. The normalized spacial score (nSPS) is 12.8. The molecule has 0 saturated carbocycles. The number of unbranched alkanes of at least 4 members (excludes halogenated alkanes) is 1. The highest BCUT2D eigenvalue weighted by Gasteiger charge is 2.06. The first kappa shape index (κ1) is 11.7. The van der Waals surface area contributed by atoms with Crippen LogP contribution in [0, 0.1) is 0 Å². The lowest BCUT2D eigenvalue weighted by atomic mass is 10.1. The SMILES string of the molecule is CCCCN[C@H](C)c1ccccc1Br. The van der Waals surface area contributed by atoms with Gasteiger partial charge < -0.3 is 5.32 Å². The number of hydrogen-bond donors (Lipinski definition) is 1. The average Bonchev–Trinajstić information content (AvgIpc) is 2.18. The highest BCUT2D eigenvalue weighted by molar-refractivity contribution is 9.10. The Labute approximate surface area is 95.0 Å². The number of benzene rings is 1. The Kier molecular flexibility index (Phi) is 5.20. The Hall–Kier alpha value is -0.340. The van der Waals surface area contributed by atoms with Crippen molar-refractivity contribution < 1.29 is 0 Å². The molecular formula is C12H18BrN. The molecule has 1 rings (SSSR count). The highest BCUT2D eigenvalue weighted by Crippen LogP contribution is 2.22. The van der Waals surface area contributed by atoms with Gasteiger partial charge in [-0.2, -0.15) is 0 Å². The van der Waals surface area contributed by atoms with E-state index in [1.54, 1.807) is 0 Å². The summed E-state index contributed by atoms with van der Waals surface area (Å²) in [5.41, 5.74) is 1.34. The van der Waals surface area contributed by atoms with Crippen LogP contribution in [0.15, 0.2) is 28.7 Å². The molecule has 0 aliphatic carbocycles. The van der Waals surface area contributed by atoms with Crippen LogP contribution in [-0.2, 0) is 0 Å². The summed E-state index contributed by atoms with van der Waals surface area (Å²) in [7, 11) is 0. The lowest BCUT2D eigenvalue weighted by molar-refractivity contribution is 0.553. The van der Waals surface area contributed by atoms with Crippen molar-refractivity contribution in [1.82, 2.24) is 5.32 Å². The molecule has 1 atom stereocenters. The molecule has 0 saturated heterocycles. The second-order valence-corrected chi connectivity index (χ2v) is 4.41. The summed E-state index contributed by atoms with van der Waals surface area (Å²) in [5.74, 6) is 0. The van der Waals surface area contributed by atoms with Gasteiger partial charge in [0.25, 0.3) is 0 Å². The lowest BCUT2D eigenvalue weighted by Gasteiger charge is -2.15. The molecule has 0 fully saturated rings. The van der Waals surface area contributed by atoms with Gasteiger partial charge in [-0.05, 0) is 31.5 Å². The third-order valence-corrected chi connectivity index (χ3v) is 3.07. The fraction of sp³-hybridized carbons (Fsp3) is 0.500. The first-order chi connectivity index (χ1) is 6.75. The topological polar surface area (TPSA) is 12.0 Å². The molecule has 14 heavy (non-hydrogen) atoms. The Balaban J connectivity index is 2.51. The molecule has 1 N–H and O–H groups in total. The van der Waals surface area contributed by atoms with Crippen molar-refractivity contribution in [3.8, 4) is 0 Å². The number of hydrogen-bond acceptors (Lipinski definition) is 1. The van der Waals surface area contributed by atoms with E-state index >= 15 is 0 Å². The van der Waals surface area contributed by atoms with E-state index in [9.17, 15) is 0 Å². The molecule has 2 heteroatoms. The minimum atomic E-state index is 0.428. The summed E-state index contributed by atoms with van der Waals surface area (Å²) < 4.78 is 1.19. The second kappa shape index (κ2) is 6.20. The zero-order valence-corrected chi connectivity index (χ0v) is 10.5. The standard InChI is InChI=1S/C12H18BrN/c1-3-4-9-14-10(2)11-7-5-6-8-12(11)13/h5-8,10,14H,3-4,9H2,1-2H3/t10-/m1/s1. The van der Waals surface area contributed by atoms with E-state index < -0.39 is 0 Å². The van der Waals surface area contributed by atoms with Gasteiger partial charge in [-0.15, -0.1) is 0 Å². The van der Waals surface area contributed by atoms with Crippen molar-refractivity contribution >= 4 is 15.9 Å². The van der Waals surface area contributed by atoms with E-state index in [0.717, 1.165) is 6.54 Å². The van der Waals surface area contributed by atoms with Gasteiger partial charge in [0.2, 0.25) is 0 Å². The van der Waals surface area contributed by atoms with Crippen LogP contribution in [0.4, 0.5) is 0 Å². The smallest absolute Gasteiger partial charge is 0.0302 e. The molecule has 0 bridgehead atoms. The number of rotatable bonds is 5. The number of halogens is 1. The first-order valence-electron chi connectivity index (χ1n) is 5.23. The van der Waals surface area contributed by atoms with Gasteiger partial charge in [-0.25, -0.2) is 0 Å². The minimum absolute atomic E-state index is 0.428. The lowest BCUT2D eigenvalue weighted by Crippen LogP contribution is -2.19. The van der Waals surface area contributed by atoms with Crippen molar-refractivity contribution in [3.05, 3.63) is 34.3 Å². The maximum absolute atomic E-state index is 3.57. The van der Waals surface area contributed by atoms with Gasteiger partial charge in [0.05, 0.1) is 0 Å². The van der Waals surface area contributed by atoms with Gasteiger partial charge in [-0.1, -0.05) is 47.5 Å². The van der Waals surface area contributed by atoms with Gasteiger partial charge >= 0.3 is 0 Å². The molecule has 78 valence electrons. The molecule has 0 spiro atoms. The van der Waals surface area contributed by atoms with Crippen molar-refractivity contribution in [2.75, 3.05) is 6.54 Å². The van der Waals surface area contributed by atoms with Crippen LogP contribution < -0.4 is 5.32 Å². The summed E-state index contributed by atoms with van der Waals surface area (Å²) in [6.45, 7) is 5.51. The second-order valence-electron chi connectivity index (χ2n) is 3.55. The van der Waals surface area contributed by atoms with E-state index in [1.165, 1.54) is 22.9 Å². The molecule has 0 aliphatic rings. The molecule has 0 aromatic heterocycles. The van der Waals surface area contributed by atoms with Crippen LogP contribution in [0.25, 0.3) is 0 Å². The molecule has 1 nitrogen and oxygen atoms in total. The van der Waals surface area contributed by atoms with Gasteiger partial charge in [0.1, 0.15) is 0 Å². The van der Waals surface area contributed by atoms with Crippen LogP contribution in [0.2, 0.25) is 0 Å². The van der Waals surface area contributed by atoms with E-state index in [4.69, 9.17) is 0 Å². The van der Waals surface area contributed by atoms with Crippen LogP contribution >= 0.6 is 15.9 Å². The Morgan fingerprint density at radius 2 is 2.07 bits per heavy atom. The van der Waals surface area contributed by atoms with E-state index in [0.29, 0.717) is 6.04 Å². The summed E-state index contributed by atoms with van der Waals surface area (Å²) in [6.07, 6.45) is 2.49. The van der Waals surface area contributed by atoms with Crippen LogP contribution in [0.5, 0.6) is 0 Å². The maximum atomic E-state index is 3.57. The Bertz CT molecular complexity index is 273. The largest absolute Gasteiger partial charge is 0.310 e. The summed E-state index contributed by atoms with van der Waals surface area (Å²) in [4.78, 5) is 0. The van der Waals surface area contributed by atoms with E-state index in [2.05, 4.69) is 53.3 Å². The summed E-state index contributed by atoms with van der Waals surface area (Å²) in [5, 5.41) is 3.51. The third kappa shape index (κ3) is 3.43. The molecule has 0 heterocycles. The fourth-order valence-electron chi connectivity index (χ4n) is 1.43. The molecule has 0 radical (unpaired) electrons. The predicted molar refractivity (Wildman–Crippen MR) is 65.5 cm³/mol. The van der Waals surface area contributed by atoms with E-state index in [-0.39, 0.29) is 0 Å². The van der Waals surface area contributed by atoms with Crippen molar-refractivity contribution in [2.45, 2.75) is 32.7 Å². The predicted octanol–water partition coefficient (Wildman–Crippen LogP) is 3.90. The molecule has 0 aliphatic heterocycles. The molecular weight excluding hydrogens is 238 g/mol.